The standard InChI is InChI=1S/C19H26ClN3O/c1-6-14(7-2)21-18-16(8-3)22-17(19(23-18)24-5)15-10-9-13(20)11-12(15)4/h9-11,14H,6-8H2,1-5H3,(H,21,23). The van der Waals surface area contributed by atoms with Gasteiger partial charge in [-0.25, -0.2) is 4.98 Å². The molecule has 0 unspecified atom stereocenters. The highest BCUT2D eigenvalue weighted by Crippen LogP contribution is 2.33. The van der Waals surface area contributed by atoms with Gasteiger partial charge in [0.15, 0.2) is 5.82 Å². The molecule has 0 fully saturated rings. The highest BCUT2D eigenvalue weighted by atomic mass is 35.5. The number of aryl methyl sites for hydroxylation is 2. The summed E-state index contributed by atoms with van der Waals surface area (Å²) in [5.41, 5.74) is 3.76. The lowest BCUT2D eigenvalue weighted by Crippen LogP contribution is -2.20. The van der Waals surface area contributed by atoms with Crippen LogP contribution in [0, 0.1) is 6.92 Å². The van der Waals surface area contributed by atoms with E-state index in [0.29, 0.717) is 16.9 Å². The molecular weight excluding hydrogens is 322 g/mol. The first kappa shape index (κ1) is 18.5. The fourth-order valence-electron chi connectivity index (χ4n) is 2.71. The summed E-state index contributed by atoms with van der Waals surface area (Å²) in [6.45, 7) is 8.45. The summed E-state index contributed by atoms with van der Waals surface area (Å²) in [6, 6.07) is 6.15. The summed E-state index contributed by atoms with van der Waals surface area (Å²) in [5, 5.41) is 4.21. The van der Waals surface area contributed by atoms with Crippen LogP contribution in [0.3, 0.4) is 0 Å². The van der Waals surface area contributed by atoms with Crippen molar-refractivity contribution in [2.75, 3.05) is 12.4 Å². The van der Waals surface area contributed by atoms with Gasteiger partial charge in [-0.15, -0.1) is 0 Å². The van der Waals surface area contributed by atoms with Crippen molar-refractivity contribution in [3.63, 3.8) is 0 Å². The minimum atomic E-state index is 0.387. The van der Waals surface area contributed by atoms with E-state index in [0.717, 1.165) is 47.6 Å². The van der Waals surface area contributed by atoms with Gasteiger partial charge in [0, 0.05) is 16.6 Å². The van der Waals surface area contributed by atoms with Gasteiger partial charge < -0.3 is 10.1 Å². The molecule has 130 valence electrons. The fraction of sp³-hybridized carbons (Fsp3) is 0.474. The Balaban J connectivity index is 2.53. The minimum absolute atomic E-state index is 0.387. The first-order valence-electron chi connectivity index (χ1n) is 8.51. The average Bonchev–Trinajstić information content (AvgIpc) is 2.59. The number of nitrogens with zero attached hydrogens (tertiary/aromatic N) is 2. The summed E-state index contributed by atoms with van der Waals surface area (Å²) in [5.74, 6) is 1.35. The SMILES string of the molecule is CCc1nc(-c2ccc(Cl)cc2C)c(OC)nc1NC(CC)CC. The maximum Gasteiger partial charge on any atom is 0.242 e. The maximum absolute atomic E-state index is 6.07. The summed E-state index contributed by atoms with van der Waals surface area (Å²) in [7, 11) is 1.63. The molecule has 2 rings (SSSR count). The molecular formula is C19H26ClN3O. The number of hydrogen-bond donors (Lipinski definition) is 1. The summed E-state index contributed by atoms with van der Waals surface area (Å²) >= 11 is 6.07. The molecule has 0 aliphatic heterocycles. The number of aromatic nitrogens is 2. The van der Waals surface area contributed by atoms with Gasteiger partial charge in [-0.2, -0.15) is 4.98 Å². The number of methoxy groups -OCH3 is 1. The molecule has 1 aromatic heterocycles. The van der Waals surface area contributed by atoms with Crippen LogP contribution in [-0.2, 0) is 6.42 Å². The molecule has 0 aliphatic rings. The first-order chi connectivity index (χ1) is 11.5. The van der Waals surface area contributed by atoms with Crippen LogP contribution in [0.25, 0.3) is 11.3 Å². The predicted octanol–water partition coefficient (Wildman–Crippen LogP) is 5.28. The van der Waals surface area contributed by atoms with E-state index in [1.807, 2.05) is 25.1 Å². The largest absolute Gasteiger partial charge is 0.479 e. The van der Waals surface area contributed by atoms with E-state index >= 15 is 0 Å². The Hall–Kier alpha value is -1.81. The average molecular weight is 348 g/mol. The zero-order chi connectivity index (χ0) is 17.7. The second-order valence-electron chi connectivity index (χ2n) is 5.85. The lowest BCUT2D eigenvalue weighted by Gasteiger charge is -2.19. The van der Waals surface area contributed by atoms with Gasteiger partial charge in [-0.05, 0) is 43.9 Å². The molecule has 0 amide bonds. The van der Waals surface area contributed by atoms with Crippen LogP contribution in [0.2, 0.25) is 5.02 Å². The Morgan fingerprint density at radius 2 is 1.88 bits per heavy atom. The van der Waals surface area contributed by atoms with Gasteiger partial charge in [-0.1, -0.05) is 38.4 Å². The zero-order valence-corrected chi connectivity index (χ0v) is 15.9. The molecule has 0 spiro atoms. The van der Waals surface area contributed by atoms with Crippen molar-refractivity contribution < 1.29 is 4.74 Å². The number of nitrogens with one attached hydrogen (secondary N) is 1. The Morgan fingerprint density at radius 3 is 2.42 bits per heavy atom. The number of halogens is 1. The number of anilines is 1. The smallest absolute Gasteiger partial charge is 0.242 e. The number of rotatable bonds is 7. The quantitative estimate of drug-likeness (QED) is 0.740. The number of ether oxygens (including phenoxy) is 1. The monoisotopic (exact) mass is 347 g/mol. The van der Waals surface area contributed by atoms with E-state index in [4.69, 9.17) is 26.3 Å². The van der Waals surface area contributed by atoms with Crippen molar-refractivity contribution in [1.29, 1.82) is 0 Å². The highest BCUT2D eigenvalue weighted by molar-refractivity contribution is 6.30. The topological polar surface area (TPSA) is 47.0 Å². The van der Waals surface area contributed by atoms with E-state index < -0.39 is 0 Å². The summed E-state index contributed by atoms with van der Waals surface area (Å²) in [4.78, 5) is 9.56. The molecule has 0 saturated heterocycles. The van der Waals surface area contributed by atoms with E-state index in [9.17, 15) is 0 Å². The van der Waals surface area contributed by atoms with Crippen LogP contribution in [0.4, 0.5) is 5.82 Å². The van der Waals surface area contributed by atoms with Crippen molar-refractivity contribution in [2.24, 2.45) is 0 Å². The molecule has 0 aliphatic carbocycles. The van der Waals surface area contributed by atoms with Crippen LogP contribution < -0.4 is 10.1 Å². The van der Waals surface area contributed by atoms with Gasteiger partial charge in [0.05, 0.1) is 12.8 Å². The highest BCUT2D eigenvalue weighted by Gasteiger charge is 2.18. The third-order valence-corrected chi connectivity index (χ3v) is 4.47. The van der Waals surface area contributed by atoms with E-state index in [1.54, 1.807) is 7.11 Å². The van der Waals surface area contributed by atoms with E-state index in [2.05, 4.69) is 26.1 Å². The number of hydrogen-bond acceptors (Lipinski definition) is 4. The molecule has 24 heavy (non-hydrogen) atoms. The normalized spacial score (nSPS) is 11.0. The van der Waals surface area contributed by atoms with Gasteiger partial charge in [-0.3, -0.25) is 0 Å². The van der Waals surface area contributed by atoms with Crippen LogP contribution in [0.5, 0.6) is 5.88 Å². The van der Waals surface area contributed by atoms with Crippen molar-refractivity contribution in [3.8, 4) is 17.1 Å². The second kappa shape index (κ2) is 8.34. The van der Waals surface area contributed by atoms with Gasteiger partial charge >= 0.3 is 0 Å². The molecule has 0 saturated carbocycles. The zero-order valence-electron chi connectivity index (χ0n) is 15.1. The lowest BCUT2D eigenvalue weighted by atomic mass is 10.1. The number of benzene rings is 1. The minimum Gasteiger partial charge on any atom is -0.479 e. The Labute approximate surface area is 149 Å². The molecule has 1 aromatic carbocycles. The van der Waals surface area contributed by atoms with Crippen molar-refractivity contribution in [1.82, 2.24) is 9.97 Å². The molecule has 1 N–H and O–H groups in total. The molecule has 1 heterocycles. The Morgan fingerprint density at radius 1 is 1.17 bits per heavy atom. The summed E-state index contributed by atoms with van der Waals surface area (Å²) in [6.07, 6.45) is 2.89. The molecule has 0 atom stereocenters. The molecule has 0 bridgehead atoms. The molecule has 5 heteroatoms. The Kier molecular flexibility index (Phi) is 6.44. The van der Waals surface area contributed by atoms with Crippen LogP contribution in [0.15, 0.2) is 18.2 Å². The predicted molar refractivity (Wildman–Crippen MR) is 101 cm³/mol. The van der Waals surface area contributed by atoms with Gasteiger partial charge in [0.2, 0.25) is 5.88 Å². The van der Waals surface area contributed by atoms with E-state index in [1.165, 1.54) is 0 Å². The summed E-state index contributed by atoms with van der Waals surface area (Å²) < 4.78 is 5.53. The van der Waals surface area contributed by atoms with Crippen LogP contribution in [-0.4, -0.2) is 23.1 Å². The third-order valence-electron chi connectivity index (χ3n) is 4.23. The molecule has 4 nitrogen and oxygen atoms in total. The third kappa shape index (κ3) is 3.99. The lowest BCUT2D eigenvalue weighted by molar-refractivity contribution is 0.397. The van der Waals surface area contributed by atoms with Crippen molar-refractivity contribution >= 4 is 17.4 Å². The second-order valence-corrected chi connectivity index (χ2v) is 6.28. The van der Waals surface area contributed by atoms with Gasteiger partial charge in [0.25, 0.3) is 0 Å². The first-order valence-corrected chi connectivity index (χ1v) is 8.89. The van der Waals surface area contributed by atoms with Crippen molar-refractivity contribution in [2.45, 2.75) is 53.0 Å². The maximum atomic E-state index is 6.07. The molecule has 0 radical (unpaired) electrons. The van der Waals surface area contributed by atoms with Gasteiger partial charge in [0.1, 0.15) is 5.69 Å². The Bertz CT molecular complexity index is 699. The molecule has 2 aromatic rings. The fourth-order valence-corrected chi connectivity index (χ4v) is 2.94. The van der Waals surface area contributed by atoms with E-state index in [-0.39, 0.29) is 0 Å². The van der Waals surface area contributed by atoms with Crippen LogP contribution in [0.1, 0.15) is 44.9 Å². The van der Waals surface area contributed by atoms with Crippen LogP contribution >= 0.6 is 11.6 Å². The van der Waals surface area contributed by atoms with Crippen molar-refractivity contribution in [3.05, 3.63) is 34.5 Å².